The van der Waals surface area contributed by atoms with Crippen LogP contribution in [0.5, 0.6) is 0 Å². The maximum atomic E-state index is 13.1. The molecule has 2 amide bonds. The van der Waals surface area contributed by atoms with Crippen LogP contribution in [0.4, 0.5) is 0 Å². The molecule has 4 fully saturated rings. The minimum Gasteiger partial charge on any atom is -0.479 e. The summed E-state index contributed by atoms with van der Waals surface area (Å²) in [5.74, 6) is -2.20. The van der Waals surface area contributed by atoms with Crippen LogP contribution in [-0.2, 0) is 23.5 Å². The molecule has 43 heavy (non-hydrogen) atoms. The first-order valence-electron chi connectivity index (χ1n) is 15.6. The average molecular weight is 634 g/mol. The van der Waals surface area contributed by atoms with E-state index in [0.717, 1.165) is 38.5 Å². The molecule has 2 unspecified atom stereocenters. The summed E-state index contributed by atoms with van der Waals surface area (Å²) in [6.45, 7) is 3.16. The van der Waals surface area contributed by atoms with Crippen molar-refractivity contribution in [1.29, 1.82) is 0 Å². The molecular formula is C29H52N3O10P. The van der Waals surface area contributed by atoms with Gasteiger partial charge < -0.3 is 40.5 Å². The summed E-state index contributed by atoms with van der Waals surface area (Å²) in [7, 11) is -4.42. The highest BCUT2D eigenvalue weighted by Crippen LogP contribution is 2.60. The smallest absolute Gasteiger partial charge is 0.331 e. The van der Waals surface area contributed by atoms with E-state index in [2.05, 4.69) is 17.6 Å². The Labute approximate surface area is 254 Å². The monoisotopic (exact) mass is 633 g/mol. The molecule has 1 aliphatic heterocycles. The van der Waals surface area contributed by atoms with Gasteiger partial charge in [-0.3, -0.25) is 19.1 Å². The van der Waals surface area contributed by atoms with Crippen LogP contribution in [0.15, 0.2) is 0 Å². The molecule has 1 saturated heterocycles. The molecule has 7 N–H and O–H groups in total. The van der Waals surface area contributed by atoms with Gasteiger partial charge in [0.15, 0.2) is 5.54 Å². The Kier molecular flexibility index (Phi) is 12.2. The predicted molar refractivity (Wildman–Crippen MR) is 158 cm³/mol. The molecule has 4 rings (SSSR count). The zero-order chi connectivity index (χ0) is 32.1. The van der Waals surface area contributed by atoms with Crippen molar-refractivity contribution in [2.75, 3.05) is 32.5 Å². The molecule has 13 nitrogen and oxygen atoms in total. The van der Waals surface area contributed by atoms with Crippen LogP contribution in [0, 0.1) is 10.8 Å². The van der Waals surface area contributed by atoms with Crippen molar-refractivity contribution in [2.45, 2.75) is 121 Å². The van der Waals surface area contributed by atoms with Gasteiger partial charge in [-0.05, 0) is 62.7 Å². The van der Waals surface area contributed by atoms with Gasteiger partial charge in [-0.25, -0.2) is 4.79 Å². The van der Waals surface area contributed by atoms with E-state index >= 15 is 0 Å². The number of carboxylic acids is 1. The summed E-state index contributed by atoms with van der Waals surface area (Å²) in [5, 5.41) is 45.5. The first-order valence-corrected chi connectivity index (χ1v) is 17.3. The highest BCUT2D eigenvalue weighted by Gasteiger charge is 2.50. The summed E-state index contributed by atoms with van der Waals surface area (Å²) in [6, 6.07) is -1.78. The Bertz CT molecular complexity index is 1020. The zero-order valence-electron chi connectivity index (χ0n) is 25.8. The van der Waals surface area contributed by atoms with Gasteiger partial charge in [0.25, 0.3) is 0 Å². The van der Waals surface area contributed by atoms with Crippen molar-refractivity contribution in [1.82, 2.24) is 15.5 Å². The van der Waals surface area contributed by atoms with Gasteiger partial charge in [-0.2, -0.15) is 0 Å². The van der Waals surface area contributed by atoms with E-state index in [-0.39, 0.29) is 30.8 Å². The van der Waals surface area contributed by atoms with Crippen LogP contribution in [0.2, 0.25) is 0 Å². The van der Waals surface area contributed by atoms with Crippen molar-refractivity contribution in [3.05, 3.63) is 0 Å². The fraction of sp³-hybridized carbons (Fsp3) is 0.897. The molecule has 3 aliphatic carbocycles. The molecular weight excluding hydrogens is 581 g/mol. The van der Waals surface area contributed by atoms with E-state index in [1.807, 2.05) is 0 Å². The fourth-order valence-corrected chi connectivity index (χ4v) is 8.31. The Morgan fingerprint density at radius 2 is 1.60 bits per heavy atom. The zero-order valence-corrected chi connectivity index (χ0v) is 26.7. The third-order valence-corrected chi connectivity index (χ3v) is 11.5. The quantitative estimate of drug-likeness (QED) is 0.0899. The minimum absolute atomic E-state index is 0.0644. The Morgan fingerprint density at radius 3 is 2.14 bits per heavy atom. The lowest BCUT2D eigenvalue weighted by Crippen LogP contribution is -2.56. The number of fused-ring (bicyclic) bond motifs is 3. The fourth-order valence-electron chi connectivity index (χ4n) is 7.24. The predicted octanol–water partition coefficient (Wildman–Crippen LogP) is 1.36. The van der Waals surface area contributed by atoms with Crippen LogP contribution in [0.1, 0.15) is 91.4 Å². The summed E-state index contributed by atoms with van der Waals surface area (Å²) >= 11 is 0. The van der Waals surface area contributed by atoms with E-state index < -0.39 is 68.7 Å². The van der Waals surface area contributed by atoms with E-state index in [9.17, 15) is 44.3 Å². The van der Waals surface area contributed by atoms with Gasteiger partial charge in [0.2, 0.25) is 11.8 Å². The van der Waals surface area contributed by atoms with Crippen LogP contribution in [-0.4, -0.2) is 110 Å². The number of aliphatic hydroxyl groups excluding tert-OH is 3. The maximum Gasteiger partial charge on any atom is 0.331 e. The SMILES string of the molecule is CCCCCC12CCC(CC(=O)NC(C)(COP(=O)(O)CCN3[C@H](CO)[C@@H](O)[C@H](O)[C@H]3CNC(C)=O)C(=O)O)(CC1)CC2. The molecule has 0 aromatic rings. The van der Waals surface area contributed by atoms with Crippen LogP contribution < -0.4 is 10.6 Å². The number of likely N-dealkylation sites (tertiary alicyclic amines) is 1. The number of carbonyl (C=O) groups is 3. The molecule has 248 valence electrons. The number of hydrogen-bond acceptors (Lipinski definition) is 9. The van der Waals surface area contributed by atoms with Gasteiger partial charge in [0, 0.05) is 26.4 Å². The number of rotatable bonds is 17. The van der Waals surface area contributed by atoms with Gasteiger partial charge in [0.05, 0.1) is 43.7 Å². The van der Waals surface area contributed by atoms with Gasteiger partial charge in [-0.1, -0.05) is 26.2 Å². The summed E-state index contributed by atoms with van der Waals surface area (Å²) < 4.78 is 18.2. The number of carboxylic acid groups (broad SMARTS) is 1. The molecule has 0 radical (unpaired) electrons. The normalized spacial score (nSPS) is 33.5. The number of aliphatic carboxylic acids is 1. The average Bonchev–Trinajstić information content (AvgIpc) is 3.18. The number of amides is 2. The number of nitrogens with zero attached hydrogens (tertiary/aromatic N) is 1. The molecule has 14 heteroatoms. The standard InChI is InChI=1S/C29H52N3O10P/c1-4-5-6-7-28-8-11-29(12-9-28,13-10-28)16-23(35)31-27(3,26(38)39)19-42-43(40,41)15-14-32-21(17-30-20(2)34)24(36)25(37)22(32)18-33/h21-22,24-25,33,36-37H,4-19H2,1-3H3,(H,30,34)(H,31,35)(H,38,39)(H,40,41)/t21-,22-,24-,25-,27?,28?,29?/m1/s1. The lowest BCUT2D eigenvalue weighted by molar-refractivity contribution is -0.149. The third-order valence-electron chi connectivity index (χ3n) is 10.2. The van der Waals surface area contributed by atoms with Crippen LogP contribution in [0.25, 0.3) is 0 Å². The van der Waals surface area contributed by atoms with Gasteiger partial charge in [-0.15, -0.1) is 0 Å². The highest BCUT2D eigenvalue weighted by molar-refractivity contribution is 7.52. The minimum atomic E-state index is -4.42. The highest BCUT2D eigenvalue weighted by atomic mass is 31.2. The first kappa shape index (κ1) is 35.9. The van der Waals surface area contributed by atoms with E-state index in [4.69, 9.17) is 4.52 Å². The Hall–Kier alpha value is -1.60. The van der Waals surface area contributed by atoms with E-state index in [1.54, 1.807) is 0 Å². The lowest BCUT2D eigenvalue weighted by atomic mass is 9.51. The molecule has 0 aromatic carbocycles. The number of nitrogens with one attached hydrogen (secondary N) is 2. The van der Waals surface area contributed by atoms with Gasteiger partial charge in [0.1, 0.15) is 0 Å². The molecule has 1 heterocycles. The third kappa shape index (κ3) is 8.99. The van der Waals surface area contributed by atoms with Crippen LogP contribution >= 0.6 is 7.60 Å². The van der Waals surface area contributed by atoms with E-state index in [0.29, 0.717) is 5.41 Å². The Morgan fingerprint density at radius 1 is 1.02 bits per heavy atom. The summed E-state index contributed by atoms with van der Waals surface area (Å²) in [4.78, 5) is 48.7. The molecule has 4 aliphatic rings. The summed E-state index contributed by atoms with van der Waals surface area (Å²) in [6.07, 6.45) is 8.00. The topological polar surface area (TPSA) is 206 Å². The van der Waals surface area contributed by atoms with Gasteiger partial charge >= 0.3 is 13.6 Å². The molecule has 0 aromatic heterocycles. The molecule has 3 saturated carbocycles. The van der Waals surface area contributed by atoms with Crippen LogP contribution in [0.3, 0.4) is 0 Å². The molecule has 0 spiro atoms. The summed E-state index contributed by atoms with van der Waals surface area (Å²) in [5.41, 5.74) is -1.71. The van der Waals surface area contributed by atoms with Crippen molar-refractivity contribution < 1.29 is 48.8 Å². The lowest BCUT2D eigenvalue weighted by Gasteiger charge is -2.54. The number of aliphatic hydroxyl groups is 3. The second-order valence-electron chi connectivity index (χ2n) is 13.4. The Balaban J connectivity index is 1.55. The number of carbonyl (C=O) groups excluding carboxylic acids is 2. The molecule has 6 atom stereocenters. The second-order valence-corrected chi connectivity index (χ2v) is 15.4. The van der Waals surface area contributed by atoms with Crippen molar-refractivity contribution in [3.8, 4) is 0 Å². The first-order chi connectivity index (χ1) is 20.1. The number of unbranched alkanes of at least 4 members (excludes halogenated alkanes) is 2. The molecule has 2 bridgehead atoms. The van der Waals surface area contributed by atoms with Crippen molar-refractivity contribution in [2.24, 2.45) is 10.8 Å². The largest absolute Gasteiger partial charge is 0.479 e. The maximum absolute atomic E-state index is 13.1. The second kappa shape index (κ2) is 14.7. The number of hydrogen-bond donors (Lipinski definition) is 7. The van der Waals surface area contributed by atoms with Crippen molar-refractivity contribution >= 4 is 25.4 Å². The van der Waals surface area contributed by atoms with Crippen molar-refractivity contribution in [3.63, 3.8) is 0 Å². The van der Waals surface area contributed by atoms with E-state index in [1.165, 1.54) is 44.4 Å².